The Hall–Kier alpha value is -3.93. The summed E-state index contributed by atoms with van der Waals surface area (Å²) in [5, 5.41) is 0.466. The SMILES string of the molecule is CCCOc1cccc([C@@H]2c3c(oc4ccccc4c3=O)C(=O)N2Cc2ccncc2)c1. The summed E-state index contributed by atoms with van der Waals surface area (Å²) in [6.45, 7) is 2.96. The maximum absolute atomic E-state index is 13.5. The van der Waals surface area contributed by atoms with E-state index >= 15 is 0 Å². The molecule has 1 aliphatic rings. The summed E-state index contributed by atoms with van der Waals surface area (Å²) in [4.78, 5) is 32.8. The monoisotopic (exact) mass is 426 g/mol. The molecule has 0 fully saturated rings. The Balaban J connectivity index is 1.68. The predicted octanol–water partition coefficient (Wildman–Crippen LogP) is 4.72. The third-order valence-electron chi connectivity index (χ3n) is 5.62. The van der Waals surface area contributed by atoms with Crippen LogP contribution in [-0.4, -0.2) is 22.4 Å². The minimum Gasteiger partial charge on any atom is -0.494 e. The quantitative estimate of drug-likeness (QED) is 0.446. The maximum Gasteiger partial charge on any atom is 0.291 e. The van der Waals surface area contributed by atoms with Crippen LogP contribution in [0, 0.1) is 0 Å². The van der Waals surface area contributed by atoms with Crippen molar-refractivity contribution >= 4 is 16.9 Å². The van der Waals surface area contributed by atoms with Gasteiger partial charge in [-0.05, 0) is 53.9 Å². The van der Waals surface area contributed by atoms with E-state index in [0.717, 1.165) is 17.5 Å². The third kappa shape index (κ3) is 3.43. The molecular weight excluding hydrogens is 404 g/mol. The number of para-hydroxylation sites is 1. The van der Waals surface area contributed by atoms with Gasteiger partial charge in [0.15, 0.2) is 5.43 Å². The lowest BCUT2D eigenvalue weighted by Crippen LogP contribution is -2.29. The fourth-order valence-corrected chi connectivity index (χ4v) is 4.16. The van der Waals surface area contributed by atoms with Crippen molar-refractivity contribution in [2.45, 2.75) is 25.9 Å². The number of benzene rings is 2. The standard InChI is InChI=1S/C26H22N2O4/c1-2-14-31-19-7-5-6-18(15-19)23-22-24(29)20-8-3-4-9-21(20)32-25(22)26(30)28(23)16-17-10-12-27-13-11-17/h3-13,15,23H,2,14,16H2,1H3/t23-/m1/s1. The molecule has 2 aromatic carbocycles. The Morgan fingerprint density at radius 1 is 1.03 bits per heavy atom. The van der Waals surface area contributed by atoms with E-state index < -0.39 is 6.04 Å². The number of carbonyl (C=O) groups is 1. The first-order valence-corrected chi connectivity index (χ1v) is 10.7. The number of nitrogens with zero attached hydrogens (tertiary/aromatic N) is 2. The molecule has 32 heavy (non-hydrogen) atoms. The van der Waals surface area contributed by atoms with Crippen molar-refractivity contribution in [1.82, 2.24) is 9.88 Å². The second-order valence-corrected chi connectivity index (χ2v) is 7.78. The highest BCUT2D eigenvalue weighted by molar-refractivity contribution is 5.99. The molecule has 6 nitrogen and oxygen atoms in total. The first-order chi connectivity index (χ1) is 15.7. The van der Waals surface area contributed by atoms with Gasteiger partial charge in [-0.2, -0.15) is 0 Å². The van der Waals surface area contributed by atoms with Crippen LogP contribution in [0.2, 0.25) is 0 Å². The van der Waals surface area contributed by atoms with Gasteiger partial charge in [-0.15, -0.1) is 0 Å². The fourth-order valence-electron chi connectivity index (χ4n) is 4.16. The number of pyridine rings is 1. The number of hydrogen-bond acceptors (Lipinski definition) is 5. The summed E-state index contributed by atoms with van der Waals surface area (Å²) >= 11 is 0. The summed E-state index contributed by atoms with van der Waals surface area (Å²) in [5.41, 5.74) is 2.32. The number of carbonyl (C=O) groups excluding carboxylic acids is 1. The van der Waals surface area contributed by atoms with Crippen molar-refractivity contribution in [3.05, 3.63) is 106 Å². The van der Waals surface area contributed by atoms with E-state index in [2.05, 4.69) is 4.98 Å². The van der Waals surface area contributed by atoms with Crippen LogP contribution in [0.1, 0.15) is 46.6 Å². The normalized spacial score (nSPS) is 15.2. The lowest BCUT2D eigenvalue weighted by molar-refractivity contribution is 0.0714. The molecule has 1 aliphatic heterocycles. The molecule has 0 saturated carbocycles. The third-order valence-corrected chi connectivity index (χ3v) is 5.62. The number of amides is 1. The van der Waals surface area contributed by atoms with Gasteiger partial charge in [0.05, 0.1) is 23.6 Å². The van der Waals surface area contributed by atoms with Crippen molar-refractivity contribution in [3.63, 3.8) is 0 Å². The highest BCUT2D eigenvalue weighted by Gasteiger charge is 2.42. The van der Waals surface area contributed by atoms with E-state index in [-0.39, 0.29) is 17.1 Å². The van der Waals surface area contributed by atoms with Crippen molar-refractivity contribution < 1.29 is 13.9 Å². The molecule has 0 unspecified atom stereocenters. The molecule has 0 N–H and O–H groups in total. The first kappa shape index (κ1) is 20.0. The zero-order chi connectivity index (χ0) is 22.1. The number of aromatic nitrogens is 1. The zero-order valence-corrected chi connectivity index (χ0v) is 17.7. The van der Waals surface area contributed by atoms with Gasteiger partial charge >= 0.3 is 0 Å². The Morgan fingerprint density at radius 3 is 2.66 bits per heavy atom. The van der Waals surface area contributed by atoms with E-state index in [1.54, 1.807) is 41.6 Å². The van der Waals surface area contributed by atoms with E-state index in [1.807, 2.05) is 43.3 Å². The second-order valence-electron chi connectivity index (χ2n) is 7.78. The molecule has 0 saturated heterocycles. The van der Waals surface area contributed by atoms with Crippen LogP contribution in [0.4, 0.5) is 0 Å². The molecule has 0 bridgehead atoms. The summed E-state index contributed by atoms with van der Waals surface area (Å²) in [6.07, 6.45) is 4.27. The highest BCUT2D eigenvalue weighted by Crippen LogP contribution is 2.39. The first-order valence-electron chi connectivity index (χ1n) is 10.7. The lowest BCUT2D eigenvalue weighted by atomic mass is 9.98. The van der Waals surface area contributed by atoms with Crippen LogP contribution in [0.25, 0.3) is 11.0 Å². The number of hydrogen-bond donors (Lipinski definition) is 0. The second kappa shape index (κ2) is 8.30. The smallest absolute Gasteiger partial charge is 0.291 e. The summed E-state index contributed by atoms with van der Waals surface area (Å²) in [6, 6.07) is 17.8. The zero-order valence-electron chi connectivity index (χ0n) is 17.7. The fraction of sp³-hybridized carbons (Fsp3) is 0.192. The van der Waals surface area contributed by atoms with Gasteiger partial charge < -0.3 is 14.1 Å². The van der Waals surface area contributed by atoms with Gasteiger partial charge in [0.1, 0.15) is 11.3 Å². The molecule has 0 aliphatic carbocycles. The van der Waals surface area contributed by atoms with Crippen LogP contribution in [0.3, 0.4) is 0 Å². The van der Waals surface area contributed by atoms with Gasteiger partial charge in [-0.3, -0.25) is 14.6 Å². The van der Waals surface area contributed by atoms with Crippen LogP contribution in [0.15, 0.2) is 82.3 Å². The Labute approximate surface area is 185 Å². The van der Waals surface area contributed by atoms with E-state index in [4.69, 9.17) is 9.15 Å². The van der Waals surface area contributed by atoms with Gasteiger partial charge in [-0.25, -0.2) is 0 Å². The maximum atomic E-state index is 13.5. The summed E-state index contributed by atoms with van der Waals surface area (Å²) in [7, 11) is 0. The van der Waals surface area contributed by atoms with Gasteiger partial charge in [-0.1, -0.05) is 31.2 Å². The minimum atomic E-state index is -0.573. The van der Waals surface area contributed by atoms with E-state index in [9.17, 15) is 9.59 Å². The van der Waals surface area contributed by atoms with E-state index in [0.29, 0.717) is 35.4 Å². The van der Waals surface area contributed by atoms with Crippen molar-refractivity contribution in [3.8, 4) is 5.75 Å². The Bertz CT molecular complexity index is 1350. The Kier molecular flexibility index (Phi) is 5.19. The molecule has 2 aromatic heterocycles. The van der Waals surface area contributed by atoms with Gasteiger partial charge in [0.25, 0.3) is 5.91 Å². The molecule has 0 spiro atoms. The van der Waals surface area contributed by atoms with Crippen LogP contribution in [0.5, 0.6) is 5.75 Å². The predicted molar refractivity (Wildman–Crippen MR) is 121 cm³/mol. The molecule has 3 heterocycles. The van der Waals surface area contributed by atoms with Crippen molar-refractivity contribution in [2.24, 2.45) is 0 Å². The van der Waals surface area contributed by atoms with Crippen molar-refractivity contribution in [1.29, 1.82) is 0 Å². The molecule has 6 heteroatoms. The van der Waals surface area contributed by atoms with Crippen LogP contribution < -0.4 is 10.2 Å². The average Bonchev–Trinajstić information content (AvgIpc) is 3.10. The molecule has 1 atom stereocenters. The minimum absolute atomic E-state index is 0.104. The molecule has 4 aromatic rings. The van der Waals surface area contributed by atoms with Crippen LogP contribution in [-0.2, 0) is 6.54 Å². The number of rotatable bonds is 6. The Morgan fingerprint density at radius 2 is 1.84 bits per heavy atom. The molecule has 0 radical (unpaired) electrons. The number of ether oxygens (including phenoxy) is 1. The molecule has 5 rings (SSSR count). The lowest BCUT2D eigenvalue weighted by Gasteiger charge is -2.25. The van der Waals surface area contributed by atoms with Gasteiger partial charge in [0.2, 0.25) is 5.76 Å². The van der Waals surface area contributed by atoms with Gasteiger partial charge in [0, 0.05) is 18.9 Å². The summed E-state index contributed by atoms with van der Waals surface area (Å²) in [5.74, 6) is 0.511. The largest absolute Gasteiger partial charge is 0.494 e. The van der Waals surface area contributed by atoms with Crippen LogP contribution >= 0.6 is 0 Å². The molecule has 1 amide bonds. The topological polar surface area (TPSA) is 72.6 Å². The average molecular weight is 426 g/mol. The highest BCUT2D eigenvalue weighted by atomic mass is 16.5. The molecule has 160 valence electrons. The number of fused-ring (bicyclic) bond motifs is 2. The van der Waals surface area contributed by atoms with Crippen molar-refractivity contribution in [2.75, 3.05) is 6.61 Å². The van der Waals surface area contributed by atoms with E-state index in [1.165, 1.54) is 0 Å². The summed E-state index contributed by atoms with van der Waals surface area (Å²) < 4.78 is 11.8. The molecular formula is C26H22N2O4.